The van der Waals surface area contributed by atoms with Crippen molar-refractivity contribution in [3.63, 3.8) is 0 Å². The van der Waals surface area contributed by atoms with Crippen LogP contribution in [0.1, 0.15) is 30.6 Å². The van der Waals surface area contributed by atoms with Crippen LogP contribution in [-0.4, -0.2) is 26.2 Å². The number of Topliss-reactive ketones (excluding diaryl/α,β-unsaturated/α-hetero) is 1. The molecule has 0 aliphatic heterocycles. The van der Waals surface area contributed by atoms with Gasteiger partial charge in [0.15, 0.2) is 17.2 Å². The Morgan fingerprint density at radius 2 is 1.69 bits per heavy atom. The number of alkyl halides is 3. The van der Waals surface area contributed by atoms with Crippen LogP contribution in [0.4, 0.5) is 13.2 Å². The highest BCUT2D eigenvalue weighted by Crippen LogP contribution is 2.43. The molecule has 10 heteroatoms. The number of halogens is 3. The summed E-state index contributed by atoms with van der Waals surface area (Å²) in [5.74, 6) is -1.23. The maximum absolute atomic E-state index is 13.8. The molecule has 0 spiro atoms. The van der Waals surface area contributed by atoms with Gasteiger partial charge in [-0.2, -0.15) is 18.2 Å². The van der Waals surface area contributed by atoms with E-state index in [1.807, 2.05) is 0 Å². The minimum atomic E-state index is -4.78. The Hall–Kier alpha value is -3.79. The summed E-state index contributed by atoms with van der Waals surface area (Å²) in [7, 11) is 0. The van der Waals surface area contributed by atoms with Crippen molar-refractivity contribution in [1.29, 1.82) is 0 Å². The first-order chi connectivity index (χ1) is 15.3. The van der Waals surface area contributed by atoms with Crippen LogP contribution in [0.25, 0.3) is 34.3 Å². The third kappa shape index (κ3) is 4.04. The lowest BCUT2D eigenvalue weighted by molar-refractivity contribution is -0.137. The Bertz CT molecular complexity index is 1230. The van der Waals surface area contributed by atoms with Crippen molar-refractivity contribution in [3.8, 4) is 34.3 Å². The zero-order chi connectivity index (χ0) is 22.9. The molecule has 7 nitrogen and oxygen atoms in total. The average molecular weight is 443 g/mol. The van der Waals surface area contributed by atoms with Gasteiger partial charge in [0.25, 0.3) is 5.89 Å². The van der Waals surface area contributed by atoms with Crippen molar-refractivity contribution in [2.45, 2.75) is 25.6 Å². The van der Waals surface area contributed by atoms with E-state index in [1.165, 1.54) is 36.4 Å². The summed E-state index contributed by atoms with van der Waals surface area (Å²) < 4.78 is 51.5. The number of aliphatic hydroxyl groups excluding tert-OH is 1. The number of nitrogens with zero attached hydrogens (tertiary/aromatic N) is 3. The predicted molar refractivity (Wildman–Crippen MR) is 106 cm³/mol. The molecular weight excluding hydrogens is 427 g/mol. The summed E-state index contributed by atoms with van der Waals surface area (Å²) in [6, 6.07) is 13.8. The van der Waals surface area contributed by atoms with Crippen molar-refractivity contribution in [2.75, 3.05) is 0 Å². The third-order valence-corrected chi connectivity index (χ3v) is 4.78. The lowest BCUT2D eigenvalue weighted by Gasteiger charge is -2.08. The van der Waals surface area contributed by atoms with Gasteiger partial charge in [-0.1, -0.05) is 71.8 Å². The van der Waals surface area contributed by atoms with E-state index in [0.29, 0.717) is 11.1 Å². The van der Waals surface area contributed by atoms with Crippen molar-refractivity contribution >= 4 is 5.78 Å². The molecule has 0 saturated heterocycles. The molecule has 2 aromatic heterocycles. The van der Waals surface area contributed by atoms with Crippen LogP contribution in [0, 0.1) is 0 Å². The summed E-state index contributed by atoms with van der Waals surface area (Å²) in [5.41, 5.74) is -0.729. The minimum Gasteiger partial charge on any atom is -0.381 e. The van der Waals surface area contributed by atoms with E-state index in [2.05, 4.69) is 15.3 Å². The molecule has 164 valence electrons. The first kappa shape index (κ1) is 21.4. The number of ketones is 1. The zero-order valence-electron chi connectivity index (χ0n) is 16.6. The fourth-order valence-corrected chi connectivity index (χ4v) is 3.12. The van der Waals surface area contributed by atoms with E-state index in [4.69, 9.17) is 9.05 Å². The molecule has 0 aliphatic rings. The van der Waals surface area contributed by atoms with E-state index >= 15 is 0 Å². The highest BCUT2D eigenvalue weighted by atomic mass is 19.4. The fourth-order valence-electron chi connectivity index (χ4n) is 3.12. The zero-order valence-corrected chi connectivity index (χ0v) is 16.6. The van der Waals surface area contributed by atoms with E-state index in [1.54, 1.807) is 25.1 Å². The van der Waals surface area contributed by atoms with Gasteiger partial charge in [-0.3, -0.25) is 4.79 Å². The summed E-state index contributed by atoms with van der Waals surface area (Å²) in [5, 5.41) is 17.3. The SMILES string of the molecule is CCC(=O)C(O)c1ccc(-c2noc(-c3noc(-c4ccccc4)c3C(F)(F)F)n2)cc1. The largest absolute Gasteiger partial charge is 0.422 e. The van der Waals surface area contributed by atoms with Crippen LogP contribution in [0.2, 0.25) is 0 Å². The van der Waals surface area contributed by atoms with Crippen LogP contribution < -0.4 is 0 Å². The van der Waals surface area contributed by atoms with Crippen LogP contribution in [0.15, 0.2) is 63.6 Å². The second kappa shape index (κ2) is 8.39. The molecule has 1 N–H and O–H groups in total. The third-order valence-electron chi connectivity index (χ3n) is 4.78. The summed E-state index contributed by atoms with van der Waals surface area (Å²) in [6.07, 6.45) is -5.85. The van der Waals surface area contributed by atoms with Crippen molar-refractivity contribution in [1.82, 2.24) is 15.3 Å². The maximum atomic E-state index is 13.8. The van der Waals surface area contributed by atoms with Gasteiger partial charge in [0, 0.05) is 17.5 Å². The van der Waals surface area contributed by atoms with E-state index in [9.17, 15) is 23.1 Å². The Morgan fingerprint density at radius 1 is 1.00 bits per heavy atom. The van der Waals surface area contributed by atoms with Crippen molar-refractivity contribution in [3.05, 3.63) is 65.7 Å². The van der Waals surface area contributed by atoms with Gasteiger partial charge >= 0.3 is 6.18 Å². The molecule has 0 saturated carbocycles. The van der Waals surface area contributed by atoms with Gasteiger partial charge in [0.2, 0.25) is 5.82 Å². The van der Waals surface area contributed by atoms with Gasteiger partial charge in [0.1, 0.15) is 11.7 Å². The maximum Gasteiger partial charge on any atom is 0.422 e. The predicted octanol–water partition coefficient (Wildman–Crippen LogP) is 5.09. The molecule has 0 amide bonds. The lowest BCUT2D eigenvalue weighted by atomic mass is 10.0. The number of hydrogen-bond donors (Lipinski definition) is 1. The quantitative estimate of drug-likeness (QED) is 0.443. The molecule has 2 heterocycles. The summed E-state index contributed by atoms with van der Waals surface area (Å²) >= 11 is 0. The molecule has 0 aliphatic carbocycles. The molecule has 2 aromatic carbocycles. The summed E-state index contributed by atoms with van der Waals surface area (Å²) in [6.45, 7) is 1.64. The molecular formula is C22H16F3N3O4. The smallest absolute Gasteiger partial charge is 0.381 e. The van der Waals surface area contributed by atoms with Gasteiger partial charge in [-0.25, -0.2) is 0 Å². The second-order valence-corrected chi connectivity index (χ2v) is 6.87. The number of aromatic nitrogens is 3. The molecule has 0 fully saturated rings. The van der Waals surface area contributed by atoms with Gasteiger partial charge in [-0.05, 0) is 5.56 Å². The van der Waals surface area contributed by atoms with Crippen molar-refractivity contribution < 1.29 is 32.1 Å². The number of carbonyl (C=O) groups is 1. The number of aliphatic hydroxyl groups is 1. The van der Waals surface area contributed by atoms with Crippen LogP contribution in [-0.2, 0) is 11.0 Å². The second-order valence-electron chi connectivity index (χ2n) is 6.87. The van der Waals surface area contributed by atoms with Gasteiger partial charge in [-0.15, -0.1) is 0 Å². The van der Waals surface area contributed by atoms with E-state index in [0.717, 1.165) is 0 Å². The number of benzene rings is 2. The Labute approximate surface area is 179 Å². The van der Waals surface area contributed by atoms with Gasteiger partial charge < -0.3 is 14.2 Å². The van der Waals surface area contributed by atoms with E-state index in [-0.39, 0.29) is 23.6 Å². The fraction of sp³-hybridized carbons (Fsp3) is 0.182. The first-order valence-corrected chi connectivity index (χ1v) is 9.57. The normalized spacial score (nSPS) is 12.7. The highest BCUT2D eigenvalue weighted by molar-refractivity contribution is 5.84. The molecule has 0 radical (unpaired) electrons. The summed E-state index contributed by atoms with van der Waals surface area (Å²) in [4.78, 5) is 15.7. The topological polar surface area (TPSA) is 102 Å². The minimum absolute atomic E-state index is 0.0141. The molecule has 1 atom stereocenters. The van der Waals surface area contributed by atoms with Crippen LogP contribution >= 0.6 is 0 Å². The standard InChI is InChI=1S/C22H16F3N3O4/c1-2-15(29)18(30)12-8-10-14(11-9-12)20-26-21(32-28-20)17-16(22(23,24)25)19(31-27-17)13-6-4-3-5-7-13/h3-11,18,30H,2H2,1H3. The van der Waals surface area contributed by atoms with E-state index < -0.39 is 35.2 Å². The molecule has 4 aromatic rings. The molecule has 32 heavy (non-hydrogen) atoms. The van der Waals surface area contributed by atoms with Crippen LogP contribution in [0.3, 0.4) is 0 Å². The Kier molecular flexibility index (Phi) is 5.62. The average Bonchev–Trinajstić information content (AvgIpc) is 3.46. The number of rotatable bonds is 6. The molecule has 0 bridgehead atoms. The number of hydrogen-bond acceptors (Lipinski definition) is 7. The van der Waals surface area contributed by atoms with Crippen molar-refractivity contribution in [2.24, 2.45) is 0 Å². The van der Waals surface area contributed by atoms with Crippen LogP contribution in [0.5, 0.6) is 0 Å². The molecule has 1 unspecified atom stereocenters. The van der Waals surface area contributed by atoms with Gasteiger partial charge in [0.05, 0.1) is 0 Å². The first-order valence-electron chi connectivity index (χ1n) is 9.57. The Morgan fingerprint density at radius 3 is 2.31 bits per heavy atom. The molecule has 4 rings (SSSR count). The highest BCUT2D eigenvalue weighted by Gasteiger charge is 2.42. The lowest BCUT2D eigenvalue weighted by Crippen LogP contribution is -2.10. The number of carbonyl (C=O) groups excluding carboxylic acids is 1. The Balaban J connectivity index is 1.69. The monoisotopic (exact) mass is 443 g/mol.